The number of carbonyl (C=O) groups is 1. The SMILES string of the molecule is Cc1ccc(NC(=O)c2ccnc(N3CCOCC3)c2)cc1Nc1ncnc2nc(NC3CC3)ncc12. The molecule has 37 heavy (non-hydrogen) atoms. The lowest BCUT2D eigenvalue weighted by Crippen LogP contribution is -2.36. The van der Waals surface area contributed by atoms with E-state index in [1.54, 1.807) is 18.5 Å². The number of nitrogens with zero attached hydrogens (tertiary/aromatic N) is 6. The summed E-state index contributed by atoms with van der Waals surface area (Å²) in [5.41, 5.74) is 3.57. The van der Waals surface area contributed by atoms with Gasteiger partial charge in [-0.25, -0.2) is 19.9 Å². The molecule has 188 valence electrons. The average molecular weight is 498 g/mol. The Kier molecular flexibility index (Phi) is 6.19. The first-order valence-electron chi connectivity index (χ1n) is 12.3. The molecule has 1 aromatic carbocycles. The number of fused-ring (bicyclic) bond motifs is 1. The zero-order valence-electron chi connectivity index (χ0n) is 20.4. The molecule has 0 spiro atoms. The fourth-order valence-corrected chi connectivity index (χ4v) is 4.12. The maximum absolute atomic E-state index is 13.0. The molecule has 1 aliphatic carbocycles. The van der Waals surface area contributed by atoms with E-state index in [4.69, 9.17) is 4.74 Å². The Labute approximate surface area is 213 Å². The van der Waals surface area contributed by atoms with Gasteiger partial charge in [-0.1, -0.05) is 6.07 Å². The third-order valence-corrected chi connectivity index (χ3v) is 6.39. The second kappa shape index (κ2) is 9.94. The van der Waals surface area contributed by atoms with E-state index < -0.39 is 0 Å². The highest BCUT2D eigenvalue weighted by Crippen LogP contribution is 2.28. The molecule has 0 atom stereocenters. The number of benzene rings is 1. The zero-order chi connectivity index (χ0) is 25.2. The van der Waals surface area contributed by atoms with Gasteiger partial charge in [-0.15, -0.1) is 0 Å². The Morgan fingerprint density at radius 2 is 1.92 bits per heavy atom. The van der Waals surface area contributed by atoms with E-state index in [9.17, 15) is 4.79 Å². The highest BCUT2D eigenvalue weighted by Gasteiger charge is 2.22. The molecule has 0 bridgehead atoms. The van der Waals surface area contributed by atoms with Crippen molar-refractivity contribution in [1.29, 1.82) is 0 Å². The summed E-state index contributed by atoms with van der Waals surface area (Å²) in [6.45, 7) is 4.81. The molecule has 3 aromatic heterocycles. The number of ether oxygens (including phenoxy) is 1. The molecule has 1 amide bonds. The van der Waals surface area contributed by atoms with Crippen LogP contribution in [0.4, 0.5) is 29.0 Å². The highest BCUT2D eigenvalue weighted by atomic mass is 16.5. The maximum Gasteiger partial charge on any atom is 0.255 e. The second-order valence-corrected chi connectivity index (χ2v) is 9.18. The first kappa shape index (κ1) is 23.0. The van der Waals surface area contributed by atoms with E-state index in [2.05, 4.69) is 45.8 Å². The van der Waals surface area contributed by atoms with Crippen LogP contribution in [0, 0.1) is 6.92 Å². The monoisotopic (exact) mass is 497 g/mol. The number of hydrogen-bond donors (Lipinski definition) is 3. The van der Waals surface area contributed by atoms with Crippen LogP contribution in [0.3, 0.4) is 0 Å². The van der Waals surface area contributed by atoms with Gasteiger partial charge in [-0.05, 0) is 49.6 Å². The molecule has 0 radical (unpaired) electrons. The average Bonchev–Trinajstić information content (AvgIpc) is 3.75. The molecule has 1 saturated carbocycles. The Morgan fingerprint density at radius 1 is 1.05 bits per heavy atom. The Hall–Kier alpha value is -4.38. The zero-order valence-corrected chi connectivity index (χ0v) is 20.4. The van der Waals surface area contributed by atoms with Crippen LogP contribution in [-0.2, 0) is 4.74 Å². The Bertz CT molecular complexity index is 1450. The van der Waals surface area contributed by atoms with E-state index in [-0.39, 0.29) is 5.91 Å². The number of morpholine rings is 1. The minimum Gasteiger partial charge on any atom is -0.378 e. The molecule has 2 aliphatic rings. The van der Waals surface area contributed by atoms with Crippen LogP contribution in [0.15, 0.2) is 49.1 Å². The number of aromatic nitrogens is 5. The summed E-state index contributed by atoms with van der Waals surface area (Å²) in [5.74, 6) is 1.74. The van der Waals surface area contributed by atoms with Crippen molar-refractivity contribution >= 4 is 45.9 Å². The summed E-state index contributed by atoms with van der Waals surface area (Å²) in [6.07, 6.45) is 7.15. The van der Waals surface area contributed by atoms with Crippen molar-refractivity contribution in [2.24, 2.45) is 0 Å². The standard InChI is InChI=1S/C26H27N9O2/c1-16-2-3-19(31-25(36)17-6-7-27-22(12-17)35-8-10-37-11-9-35)13-21(16)33-23-20-14-28-26(32-18-4-5-18)34-24(20)30-15-29-23/h2-3,6-7,12-15,18H,4-5,8-11H2,1H3,(H,31,36)(H2,28,29,30,32,33,34). The third kappa shape index (κ3) is 5.26. The smallest absolute Gasteiger partial charge is 0.255 e. The fraction of sp³-hybridized carbons (Fsp3) is 0.308. The van der Waals surface area contributed by atoms with Crippen molar-refractivity contribution in [2.75, 3.05) is 47.2 Å². The van der Waals surface area contributed by atoms with Crippen molar-refractivity contribution in [3.8, 4) is 0 Å². The number of carbonyl (C=O) groups excluding carboxylic acids is 1. The van der Waals surface area contributed by atoms with Crippen LogP contribution in [0.2, 0.25) is 0 Å². The van der Waals surface area contributed by atoms with Crippen molar-refractivity contribution < 1.29 is 9.53 Å². The van der Waals surface area contributed by atoms with E-state index in [0.29, 0.717) is 53.3 Å². The molecular weight excluding hydrogens is 470 g/mol. The van der Waals surface area contributed by atoms with Gasteiger partial charge in [0, 0.05) is 48.5 Å². The third-order valence-electron chi connectivity index (χ3n) is 6.39. The number of hydrogen-bond acceptors (Lipinski definition) is 10. The molecule has 1 saturated heterocycles. The molecule has 6 rings (SSSR count). The quantitative estimate of drug-likeness (QED) is 0.349. The van der Waals surface area contributed by atoms with Crippen LogP contribution in [-0.4, -0.2) is 63.2 Å². The largest absolute Gasteiger partial charge is 0.378 e. The molecular formula is C26H27N9O2. The first-order chi connectivity index (χ1) is 18.1. The Balaban J connectivity index is 1.20. The van der Waals surface area contributed by atoms with E-state index in [1.807, 2.05) is 31.2 Å². The van der Waals surface area contributed by atoms with Gasteiger partial charge in [0.1, 0.15) is 18.0 Å². The summed E-state index contributed by atoms with van der Waals surface area (Å²) in [6, 6.07) is 9.69. The molecule has 11 nitrogen and oxygen atoms in total. The summed E-state index contributed by atoms with van der Waals surface area (Å²) in [5, 5.41) is 10.4. The number of pyridine rings is 1. The number of anilines is 5. The van der Waals surface area contributed by atoms with Gasteiger partial charge in [-0.3, -0.25) is 4.79 Å². The number of nitrogens with one attached hydrogen (secondary N) is 3. The molecule has 0 unspecified atom stereocenters. The van der Waals surface area contributed by atoms with Gasteiger partial charge in [0.15, 0.2) is 5.65 Å². The predicted molar refractivity (Wildman–Crippen MR) is 141 cm³/mol. The summed E-state index contributed by atoms with van der Waals surface area (Å²) in [7, 11) is 0. The molecule has 1 aliphatic heterocycles. The van der Waals surface area contributed by atoms with Gasteiger partial charge >= 0.3 is 0 Å². The van der Waals surface area contributed by atoms with Crippen molar-refractivity contribution in [1.82, 2.24) is 24.9 Å². The summed E-state index contributed by atoms with van der Waals surface area (Å²) in [4.78, 5) is 37.3. The maximum atomic E-state index is 13.0. The van der Waals surface area contributed by atoms with Gasteiger partial charge in [0.05, 0.1) is 18.6 Å². The molecule has 4 aromatic rings. The molecule has 2 fully saturated rings. The van der Waals surface area contributed by atoms with Crippen LogP contribution in [0.25, 0.3) is 11.0 Å². The number of aryl methyl sites for hydroxylation is 1. The van der Waals surface area contributed by atoms with Gasteiger partial charge in [0.25, 0.3) is 5.91 Å². The minimum absolute atomic E-state index is 0.205. The van der Waals surface area contributed by atoms with Gasteiger partial charge in [0.2, 0.25) is 5.95 Å². The molecule has 4 heterocycles. The number of amides is 1. The van der Waals surface area contributed by atoms with Crippen LogP contribution >= 0.6 is 0 Å². The molecule has 3 N–H and O–H groups in total. The van der Waals surface area contributed by atoms with Crippen molar-refractivity contribution in [3.63, 3.8) is 0 Å². The van der Waals surface area contributed by atoms with Gasteiger partial charge < -0.3 is 25.6 Å². The van der Waals surface area contributed by atoms with Crippen molar-refractivity contribution in [2.45, 2.75) is 25.8 Å². The number of rotatable bonds is 7. The van der Waals surface area contributed by atoms with Crippen LogP contribution in [0.1, 0.15) is 28.8 Å². The van der Waals surface area contributed by atoms with E-state index in [0.717, 1.165) is 43.0 Å². The summed E-state index contributed by atoms with van der Waals surface area (Å²) < 4.78 is 5.41. The first-order valence-corrected chi connectivity index (χ1v) is 12.3. The lowest BCUT2D eigenvalue weighted by atomic mass is 10.1. The van der Waals surface area contributed by atoms with Crippen LogP contribution in [0.5, 0.6) is 0 Å². The van der Waals surface area contributed by atoms with Gasteiger partial charge in [-0.2, -0.15) is 4.98 Å². The second-order valence-electron chi connectivity index (χ2n) is 9.18. The fourth-order valence-electron chi connectivity index (χ4n) is 4.12. The summed E-state index contributed by atoms with van der Waals surface area (Å²) >= 11 is 0. The predicted octanol–water partition coefficient (Wildman–Crippen LogP) is 3.53. The normalized spacial score (nSPS) is 15.4. The minimum atomic E-state index is -0.205. The lowest BCUT2D eigenvalue weighted by Gasteiger charge is -2.27. The Morgan fingerprint density at radius 3 is 2.76 bits per heavy atom. The molecule has 11 heteroatoms. The lowest BCUT2D eigenvalue weighted by molar-refractivity contribution is 0.102. The van der Waals surface area contributed by atoms with E-state index >= 15 is 0 Å². The topological polar surface area (TPSA) is 130 Å². The van der Waals surface area contributed by atoms with Crippen LogP contribution < -0.4 is 20.9 Å². The van der Waals surface area contributed by atoms with E-state index in [1.165, 1.54) is 6.33 Å². The highest BCUT2D eigenvalue weighted by molar-refractivity contribution is 6.05. The van der Waals surface area contributed by atoms with Crippen molar-refractivity contribution in [3.05, 3.63) is 60.2 Å².